The molecule has 0 aliphatic heterocycles. The van der Waals surface area contributed by atoms with Gasteiger partial charge in [-0.05, 0) is 41.5 Å². The van der Waals surface area contributed by atoms with Gasteiger partial charge in [-0.3, -0.25) is 4.99 Å². The summed E-state index contributed by atoms with van der Waals surface area (Å²) in [5, 5.41) is 0. The van der Waals surface area contributed by atoms with Crippen LogP contribution in [-0.4, -0.2) is 17.5 Å². The summed E-state index contributed by atoms with van der Waals surface area (Å²) in [6.45, 7) is 12.1. The summed E-state index contributed by atoms with van der Waals surface area (Å²) in [7, 11) is 0. The van der Waals surface area contributed by atoms with Crippen LogP contribution in [0.15, 0.2) is 4.99 Å². The quantitative estimate of drug-likeness (QED) is 0.423. The maximum Gasteiger partial charge on any atom is 0.170 e. The first-order valence-electron chi connectivity index (χ1n) is 3.92. The van der Waals surface area contributed by atoms with Crippen LogP contribution in [0.2, 0.25) is 0 Å². The van der Waals surface area contributed by atoms with Gasteiger partial charge in [0.05, 0.1) is 5.54 Å². The Bertz CT molecular complexity index is 137. The van der Waals surface area contributed by atoms with Crippen LogP contribution in [0.25, 0.3) is 0 Å². The monoisotopic (exact) mass is 157 g/mol. The Morgan fingerprint density at radius 2 is 1.45 bits per heavy atom. The lowest BCUT2D eigenvalue weighted by Gasteiger charge is -2.18. The first-order valence-corrected chi connectivity index (χ1v) is 3.92. The molecular formula is C9H19NO. The number of hydrogen-bond donors (Lipinski definition) is 0. The minimum Gasteiger partial charge on any atom is -0.478 e. The van der Waals surface area contributed by atoms with Gasteiger partial charge >= 0.3 is 0 Å². The van der Waals surface area contributed by atoms with Crippen LogP contribution in [0.4, 0.5) is 0 Å². The maximum absolute atomic E-state index is 5.31. The summed E-state index contributed by atoms with van der Waals surface area (Å²) in [5.74, 6) is 0. The van der Waals surface area contributed by atoms with Crippen LogP contribution in [-0.2, 0) is 4.74 Å². The van der Waals surface area contributed by atoms with Crippen LogP contribution in [0.3, 0.4) is 0 Å². The molecule has 2 heteroatoms. The van der Waals surface area contributed by atoms with E-state index in [2.05, 4.69) is 4.99 Å². The van der Waals surface area contributed by atoms with E-state index in [1.165, 1.54) is 0 Å². The summed E-state index contributed by atoms with van der Waals surface area (Å²) >= 11 is 0. The van der Waals surface area contributed by atoms with E-state index >= 15 is 0 Å². The summed E-state index contributed by atoms with van der Waals surface area (Å²) in [6, 6.07) is 0. The number of hydrogen-bond acceptors (Lipinski definition) is 2. The molecule has 0 N–H and O–H groups in total. The van der Waals surface area contributed by atoms with Gasteiger partial charge in [0, 0.05) is 0 Å². The molecule has 0 spiro atoms. The second kappa shape index (κ2) is 3.24. The van der Waals surface area contributed by atoms with Crippen molar-refractivity contribution in [3.05, 3.63) is 0 Å². The molecule has 0 fully saturated rings. The molecule has 0 saturated heterocycles. The second-order valence-corrected chi connectivity index (χ2v) is 4.64. The molecule has 0 heterocycles. The third kappa shape index (κ3) is 9.47. The molecule has 0 radical (unpaired) electrons. The van der Waals surface area contributed by atoms with Crippen molar-refractivity contribution < 1.29 is 4.74 Å². The summed E-state index contributed by atoms with van der Waals surface area (Å²) in [6.07, 6.45) is 1.54. The van der Waals surface area contributed by atoms with Crippen LogP contribution in [0, 0.1) is 0 Å². The molecule has 0 aromatic carbocycles. The Balaban J connectivity index is 3.80. The lowest BCUT2D eigenvalue weighted by Crippen LogP contribution is -2.19. The van der Waals surface area contributed by atoms with Gasteiger partial charge in [0.2, 0.25) is 0 Å². The van der Waals surface area contributed by atoms with Crippen molar-refractivity contribution in [3.63, 3.8) is 0 Å². The van der Waals surface area contributed by atoms with Gasteiger partial charge in [-0.1, -0.05) is 0 Å². The number of ether oxygens (including phenoxy) is 1. The fourth-order valence-corrected chi connectivity index (χ4v) is 0.343. The van der Waals surface area contributed by atoms with Crippen molar-refractivity contribution in [3.8, 4) is 0 Å². The molecule has 0 aliphatic carbocycles. The van der Waals surface area contributed by atoms with E-state index in [9.17, 15) is 0 Å². The smallest absolute Gasteiger partial charge is 0.170 e. The molecule has 0 atom stereocenters. The zero-order valence-electron chi connectivity index (χ0n) is 8.43. The largest absolute Gasteiger partial charge is 0.478 e. The summed E-state index contributed by atoms with van der Waals surface area (Å²) < 4.78 is 5.31. The molecule has 0 aromatic rings. The minimum atomic E-state index is -0.130. The highest BCUT2D eigenvalue weighted by atomic mass is 16.5. The molecule has 66 valence electrons. The van der Waals surface area contributed by atoms with Gasteiger partial charge in [-0.25, -0.2) is 0 Å². The lowest BCUT2D eigenvalue weighted by molar-refractivity contribution is 0.125. The van der Waals surface area contributed by atoms with Crippen molar-refractivity contribution >= 4 is 6.40 Å². The van der Waals surface area contributed by atoms with Crippen molar-refractivity contribution in [2.24, 2.45) is 4.99 Å². The van der Waals surface area contributed by atoms with Crippen molar-refractivity contribution in [2.45, 2.75) is 52.7 Å². The molecule has 0 aliphatic rings. The van der Waals surface area contributed by atoms with Gasteiger partial charge in [0.25, 0.3) is 0 Å². The van der Waals surface area contributed by atoms with Crippen molar-refractivity contribution in [1.82, 2.24) is 0 Å². The average Bonchev–Trinajstić information content (AvgIpc) is 1.55. The van der Waals surface area contributed by atoms with Crippen LogP contribution in [0.5, 0.6) is 0 Å². The molecule has 0 saturated carbocycles. The Kier molecular flexibility index (Phi) is 3.09. The Hall–Kier alpha value is -0.530. The van der Waals surface area contributed by atoms with Crippen LogP contribution in [0.1, 0.15) is 41.5 Å². The number of aliphatic imine (C=N–C) groups is 1. The van der Waals surface area contributed by atoms with Crippen molar-refractivity contribution in [1.29, 1.82) is 0 Å². The normalized spacial score (nSPS) is 14.0. The Morgan fingerprint density at radius 3 is 1.73 bits per heavy atom. The van der Waals surface area contributed by atoms with Gasteiger partial charge in [0.15, 0.2) is 6.40 Å². The Labute approximate surface area is 69.7 Å². The highest BCUT2D eigenvalue weighted by Crippen LogP contribution is 2.08. The van der Waals surface area contributed by atoms with E-state index in [1.54, 1.807) is 6.40 Å². The second-order valence-electron chi connectivity index (χ2n) is 4.64. The van der Waals surface area contributed by atoms with E-state index < -0.39 is 0 Å². The minimum absolute atomic E-state index is 0.0365. The fraction of sp³-hybridized carbons (Fsp3) is 0.889. The lowest BCUT2D eigenvalue weighted by atomic mass is 10.1. The van der Waals surface area contributed by atoms with E-state index in [4.69, 9.17) is 4.74 Å². The molecule has 0 aromatic heterocycles. The molecule has 0 unspecified atom stereocenters. The van der Waals surface area contributed by atoms with Crippen molar-refractivity contribution in [2.75, 3.05) is 0 Å². The topological polar surface area (TPSA) is 21.6 Å². The van der Waals surface area contributed by atoms with Gasteiger partial charge in [0.1, 0.15) is 5.60 Å². The molecule has 11 heavy (non-hydrogen) atoms. The van der Waals surface area contributed by atoms with E-state index in [-0.39, 0.29) is 11.1 Å². The third-order valence-corrected chi connectivity index (χ3v) is 0.846. The SMILES string of the molecule is CC(C)(C)/N=C\OC(C)(C)C. The van der Waals surface area contributed by atoms with E-state index in [0.29, 0.717) is 0 Å². The zero-order chi connectivity index (χ0) is 9.12. The molecule has 0 rings (SSSR count). The van der Waals surface area contributed by atoms with Gasteiger partial charge in [-0.2, -0.15) is 0 Å². The number of rotatable bonds is 1. The average molecular weight is 157 g/mol. The third-order valence-electron chi connectivity index (χ3n) is 0.846. The zero-order valence-corrected chi connectivity index (χ0v) is 8.43. The molecule has 0 bridgehead atoms. The predicted octanol–water partition coefficient (Wildman–Crippen LogP) is 2.63. The molecule has 0 amide bonds. The summed E-state index contributed by atoms with van der Waals surface area (Å²) in [5.41, 5.74) is -0.167. The van der Waals surface area contributed by atoms with E-state index in [0.717, 1.165) is 0 Å². The number of nitrogens with zero attached hydrogens (tertiary/aromatic N) is 1. The van der Waals surface area contributed by atoms with Crippen LogP contribution >= 0.6 is 0 Å². The highest BCUT2D eigenvalue weighted by molar-refractivity contribution is 5.47. The molecule has 2 nitrogen and oxygen atoms in total. The van der Waals surface area contributed by atoms with Gasteiger partial charge < -0.3 is 4.74 Å². The highest BCUT2D eigenvalue weighted by Gasteiger charge is 2.10. The van der Waals surface area contributed by atoms with Gasteiger partial charge in [-0.15, -0.1) is 0 Å². The Morgan fingerprint density at radius 1 is 1.00 bits per heavy atom. The predicted molar refractivity (Wildman–Crippen MR) is 49.1 cm³/mol. The van der Waals surface area contributed by atoms with E-state index in [1.807, 2.05) is 41.5 Å². The summed E-state index contributed by atoms with van der Waals surface area (Å²) in [4.78, 5) is 4.19. The van der Waals surface area contributed by atoms with Crippen LogP contribution < -0.4 is 0 Å². The first-order chi connectivity index (χ1) is 4.71. The maximum atomic E-state index is 5.31. The first kappa shape index (κ1) is 10.5. The standard InChI is InChI=1S/C9H19NO/c1-8(2,3)10-7-11-9(4,5)6/h7H,1-6H3/b10-7-. The molecular weight excluding hydrogens is 138 g/mol. The fourth-order valence-electron chi connectivity index (χ4n) is 0.343.